The molecular weight excluding hydrogens is 396 g/mol. The van der Waals surface area contributed by atoms with Gasteiger partial charge in [-0.1, -0.05) is 23.8 Å². The lowest BCUT2D eigenvalue weighted by Gasteiger charge is -2.37. The van der Waals surface area contributed by atoms with Gasteiger partial charge in [0.1, 0.15) is 13.2 Å². The number of anilines is 1. The van der Waals surface area contributed by atoms with Gasteiger partial charge in [0.2, 0.25) is 0 Å². The molecule has 0 bridgehead atoms. The van der Waals surface area contributed by atoms with Gasteiger partial charge in [0.05, 0.1) is 11.8 Å². The third-order valence-electron chi connectivity index (χ3n) is 6.10. The first-order chi connectivity index (χ1) is 14.7. The first kappa shape index (κ1) is 19.7. The van der Waals surface area contributed by atoms with Crippen LogP contribution >= 0.6 is 11.3 Å². The molecule has 6 heteroatoms. The van der Waals surface area contributed by atoms with Crippen molar-refractivity contribution in [3.05, 3.63) is 52.9 Å². The van der Waals surface area contributed by atoms with Crippen molar-refractivity contribution >= 4 is 27.1 Å². The SMILES string of the molecule is Cc1ccc2scc(C(O)CCN3CCN(c4cccc5c4OCCO5)CC3)c2c1. The Bertz CT molecular complexity index is 1030. The minimum atomic E-state index is -0.412. The van der Waals surface area contributed by atoms with Crippen molar-refractivity contribution in [3.8, 4) is 11.5 Å². The van der Waals surface area contributed by atoms with Crippen molar-refractivity contribution in [2.45, 2.75) is 19.4 Å². The number of hydrogen-bond acceptors (Lipinski definition) is 6. The van der Waals surface area contributed by atoms with Crippen LogP contribution in [0.3, 0.4) is 0 Å². The van der Waals surface area contributed by atoms with E-state index in [2.05, 4.69) is 46.4 Å². The van der Waals surface area contributed by atoms with Crippen LogP contribution in [0.15, 0.2) is 41.8 Å². The van der Waals surface area contributed by atoms with Crippen LogP contribution in [0.4, 0.5) is 5.69 Å². The summed E-state index contributed by atoms with van der Waals surface area (Å²) < 4.78 is 12.9. The summed E-state index contributed by atoms with van der Waals surface area (Å²) in [6, 6.07) is 12.6. The van der Waals surface area contributed by atoms with E-state index in [0.29, 0.717) is 13.2 Å². The lowest BCUT2D eigenvalue weighted by Crippen LogP contribution is -2.47. The van der Waals surface area contributed by atoms with Gasteiger partial charge in [0, 0.05) is 37.4 Å². The molecule has 0 radical (unpaired) electrons. The maximum Gasteiger partial charge on any atom is 0.184 e. The summed E-state index contributed by atoms with van der Waals surface area (Å²) in [6.45, 7) is 8.12. The summed E-state index contributed by atoms with van der Waals surface area (Å²) in [6.07, 6.45) is 0.350. The fraction of sp³-hybridized carbons (Fsp3) is 0.417. The molecule has 2 aliphatic heterocycles. The van der Waals surface area contributed by atoms with Crippen molar-refractivity contribution in [1.82, 2.24) is 4.90 Å². The Kier molecular flexibility index (Phi) is 5.54. The molecule has 5 nitrogen and oxygen atoms in total. The fourth-order valence-corrected chi connectivity index (χ4v) is 5.39. The lowest BCUT2D eigenvalue weighted by atomic mass is 10.0. The number of benzene rings is 2. The second kappa shape index (κ2) is 8.46. The minimum Gasteiger partial charge on any atom is -0.486 e. The van der Waals surface area contributed by atoms with Gasteiger partial charge in [-0.25, -0.2) is 0 Å². The van der Waals surface area contributed by atoms with Crippen molar-refractivity contribution in [2.75, 3.05) is 50.8 Å². The Hall–Kier alpha value is -2.28. The smallest absolute Gasteiger partial charge is 0.184 e. The van der Waals surface area contributed by atoms with Crippen molar-refractivity contribution in [2.24, 2.45) is 0 Å². The number of piperazine rings is 1. The van der Waals surface area contributed by atoms with E-state index in [0.717, 1.165) is 61.9 Å². The molecule has 1 fully saturated rings. The fourth-order valence-electron chi connectivity index (χ4n) is 4.40. The highest BCUT2D eigenvalue weighted by molar-refractivity contribution is 7.17. The van der Waals surface area contributed by atoms with Gasteiger partial charge >= 0.3 is 0 Å². The summed E-state index contributed by atoms with van der Waals surface area (Å²) in [5.41, 5.74) is 3.44. The monoisotopic (exact) mass is 424 g/mol. The number of aliphatic hydroxyl groups excluding tert-OH is 1. The van der Waals surface area contributed by atoms with E-state index in [1.54, 1.807) is 11.3 Å². The number of hydrogen-bond donors (Lipinski definition) is 1. The van der Waals surface area contributed by atoms with Crippen LogP contribution < -0.4 is 14.4 Å². The molecule has 30 heavy (non-hydrogen) atoms. The molecule has 3 heterocycles. The number of rotatable bonds is 5. The van der Waals surface area contributed by atoms with Crippen LogP contribution in [-0.2, 0) is 0 Å². The summed E-state index contributed by atoms with van der Waals surface area (Å²) in [5.74, 6) is 1.73. The van der Waals surface area contributed by atoms with Crippen LogP contribution in [0, 0.1) is 6.92 Å². The summed E-state index contributed by atoms with van der Waals surface area (Å²) in [5, 5.41) is 14.2. The van der Waals surface area contributed by atoms with Gasteiger partial charge in [-0.2, -0.15) is 0 Å². The number of aliphatic hydroxyl groups is 1. The van der Waals surface area contributed by atoms with Crippen LogP contribution in [0.5, 0.6) is 11.5 Å². The minimum absolute atomic E-state index is 0.412. The van der Waals surface area contributed by atoms with E-state index in [1.807, 2.05) is 12.1 Å². The summed E-state index contributed by atoms with van der Waals surface area (Å²) >= 11 is 1.72. The van der Waals surface area contributed by atoms with Crippen molar-refractivity contribution < 1.29 is 14.6 Å². The Morgan fingerprint density at radius 2 is 1.90 bits per heavy atom. The molecule has 1 atom stereocenters. The molecule has 1 N–H and O–H groups in total. The lowest BCUT2D eigenvalue weighted by molar-refractivity contribution is 0.140. The molecule has 2 aromatic carbocycles. The van der Waals surface area contributed by atoms with Crippen LogP contribution in [-0.4, -0.2) is 55.9 Å². The predicted molar refractivity (Wildman–Crippen MR) is 122 cm³/mol. The molecule has 0 spiro atoms. The molecule has 158 valence electrons. The van der Waals surface area contributed by atoms with Crippen LogP contribution in [0.1, 0.15) is 23.7 Å². The molecule has 1 saturated heterocycles. The Morgan fingerprint density at radius 3 is 2.77 bits per heavy atom. The second-order valence-electron chi connectivity index (χ2n) is 8.13. The normalized spacial score (nSPS) is 18.0. The molecule has 0 amide bonds. The maximum absolute atomic E-state index is 10.8. The molecule has 0 saturated carbocycles. The van der Waals surface area contributed by atoms with Gasteiger partial charge < -0.3 is 19.5 Å². The molecule has 1 aromatic heterocycles. The summed E-state index contributed by atoms with van der Waals surface area (Å²) in [7, 11) is 0. The van der Waals surface area contributed by atoms with Gasteiger partial charge in [0.15, 0.2) is 11.5 Å². The third-order valence-corrected chi connectivity index (χ3v) is 7.08. The number of ether oxygens (including phenoxy) is 2. The van der Waals surface area contributed by atoms with Gasteiger partial charge in [0.25, 0.3) is 0 Å². The van der Waals surface area contributed by atoms with E-state index in [9.17, 15) is 5.11 Å². The highest BCUT2D eigenvalue weighted by atomic mass is 32.1. The number of fused-ring (bicyclic) bond motifs is 2. The average Bonchev–Trinajstić information content (AvgIpc) is 3.20. The highest BCUT2D eigenvalue weighted by Gasteiger charge is 2.24. The first-order valence-corrected chi connectivity index (χ1v) is 11.6. The van der Waals surface area contributed by atoms with Gasteiger partial charge in [-0.3, -0.25) is 4.90 Å². The average molecular weight is 425 g/mol. The molecular formula is C24H28N2O3S. The summed E-state index contributed by atoms with van der Waals surface area (Å²) in [4.78, 5) is 4.84. The van der Waals surface area contributed by atoms with Gasteiger partial charge in [-0.15, -0.1) is 11.3 Å². The van der Waals surface area contributed by atoms with E-state index >= 15 is 0 Å². The second-order valence-corrected chi connectivity index (χ2v) is 9.04. The van der Waals surface area contributed by atoms with Crippen LogP contribution in [0.25, 0.3) is 10.1 Å². The Morgan fingerprint density at radius 1 is 1.07 bits per heavy atom. The van der Waals surface area contributed by atoms with E-state index in [1.165, 1.54) is 15.6 Å². The molecule has 1 unspecified atom stereocenters. The standard InChI is InChI=1S/C24H28N2O3S/c1-17-5-6-23-18(15-17)19(16-30-23)21(27)7-8-25-9-11-26(12-10-25)20-3-2-4-22-24(20)29-14-13-28-22/h2-6,15-16,21,27H,7-14H2,1H3. The molecule has 5 rings (SSSR count). The zero-order chi connectivity index (χ0) is 20.5. The van der Waals surface area contributed by atoms with Crippen molar-refractivity contribution in [1.29, 1.82) is 0 Å². The van der Waals surface area contributed by atoms with E-state index < -0.39 is 6.10 Å². The van der Waals surface area contributed by atoms with Gasteiger partial charge in [-0.05, 0) is 47.9 Å². The zero-order valence-electron chi connectivity index (χ0n) is 17.3. The Balaban J connectivity index is 1.18. The van der Waals surface area contributed by atoms with E-state index in [4.69, 9.17) is 9.47 Å². The highest BCUT2D eigenvalue weighted by Crippen LogP contribution is 2.40. The zero-order valence-corrected chi connectivity index (χ0v) is 18.2. The number of aryl methyl sites for hydroxylation is 1. The number of para-hydroxylation sites is 1. The first-order valence-electron chi connectivity index (χ1n) is 10.7. The Labute approximate surface area is 181 Å². The molecule has 3 aromatic rings. The molecule has 0 aliphatic carbocycles. The number of nitrogens with zero attached hydrogens (tertiary/aromatic N) is 2. The third kappa shape index (κ3) is 3.87. The molecule has 2 aliphatic rings. The van der Waals surface area contributed by atoms with Crippen molar-refractivity contribution in [3.63, 3.8) is 0 Å². The topological polar surface area (TPSA) is 45.2 Å². The number of thiophene rings is 1. The quantitative estimate of drug-likeness (QED) is 0.664. The largest absolute Gasteiger partial charge is 0.486 e. The maximum atomic E-state index is 10.8. The predicted octanol–water partition coefficient (Wildman–Crippen LogP) is 4.23. The van der Waals surface area contributed by atoms with Crippen LogP contribution in [0.2, 0.25) is 0 Å². The van der Waals surface area contributed by atoms with E-state index in [-0.39, 0.29) is 0 Å².